The fourth-order valence-corrected chi connectivity index (χ4v) is 8.28. The maximum absolute atomic E-state index is 13.2. The number of ketones is 1. The second-order valence-corrected chi connectivity index (χ2v) is 11.1. The van der Waals surface area contributed by atoms with Crippen LogP contribution in [0.15, 0.2) is 0 Å². The molecule has 0 heterocycles. The number of carbonyl (C=O) groups is 1. The fraction of sp³-hybridized carbons (Fsp3) is 0.955. The number of aliphatic hydroxyl groups excluding tert-OH is 2. The topological polar surface area (TPSA) is 77.8 Å². The van der Waals surface area contributed by atoms with E-state index in [0.29, 0.717) is 12.3 Å². The van der Waals surface area contributed by atoms with Crippen molar-refractivity contribution in [2.45, 2.75) is 91.0 Å². The Balaban J connectivity index is 1.81. The van der Waals surface area contributed by atoms with Gasteiger partial charge in [-0.2, -0.15) is 0 Å². The van der Waals surface area contributed by atoms with Crippen LogP contribution in [0.3, 0.4) is 0 Å². The number of rotatable bonds is 0. The molecule has 9 atom stereocenters. The van der Waals surface area contributed by atoms with Crippen molar-refractivity contribution >= 4 is 5.78 Å². The van der Waals surface area contributed by atoms with E-state index < -0.39 is 17.1 Å². The number of hydrogen-bond donors (Lipinski definition) is 3. The van der Waals surface area contributed by atoms with Gasteiger partial charge in [0.05, 0.1) is 12.2 Å². The van der Waals surface area contributed by atoms with Crippen LogP contribution in [0.4, 0.5) is 0 Å². The molecule has 4 aliphatic carbocycles. The normalized spacial score (nSPS) is 58.7. The molecule has 0 aromatic rings. The molecule has 0 aliphatic heterocycles. The molecule has 4 fully saturated rings. The van der Waals surface area contributed by atoms with Crippen LogP contribution in [-0.4, -0.2) is 38.9 Å². The van der Waals surface area contributed by atoms with Crippen molar-refractivity contribution in [2.75, 3.05) is 0 Å². The number of fused-ring (bicyclic) bond motifs is 5. The van der Waals surface area contributed by atoms with E-state index in [1.807, 2.05) is 6.92 Å². The summed E-state index contributed by atoms with van der Waals surface area (Å²) >= 11 is 0. The Morgan fingerprint density at radius 1 is 0.962 bits per heavy atom. The summed E-state index contributed by atoms with van der Waals surface area (Å²) in [5.41, 5.74) is -2.04. The fourth-order valence-electron chi connectivity index (χ4n) is 8.28. The van der Waals surface area contributed by atoms with Crippen LogP contribution >= 0.6 is 0 Å². The molecule has 26 heavy (non-hydrogen) atoms. The predicted molar refractivity (Wildman–Crippen MR) is 99.3 cm³/mol. The molecule has 4 rings (SSSR count). The summed E-state index contributed by atoms with van der Waals surface area (Å²) in [5, 5.41) is 33.2. The van der Waals surface area contributed by atoms with Crippen LogP contribution in [0, 0.1) is 39.9 Å². The largest absolute Gasteiger partial charge is 0.393 e. The first-order valence-corrected chi connectivity index (χ1v) is 10.5. The Bertz CT molecular complexity index is 630. The highest BCUT2D eigenvalue weighted by Gasteiger charge is 2.74. The third-order valence-corrected chi connectivity index (χ3v) is 9.81. The van der Waals surface area contributed by atoms with Crippen LogP contribution < -0.4 is 0 Å². The van der Waals surface area contributed by atoms with Crippen LogP contribution in [0.25, 0.3) is 0 Å². The third-order valence-electron chi connectivity index (χ3n) is 9.81. The van der Waals surface area contributed by atoms with E-state index in [0.717, 1.165) is 32.1 Å². The Morgan fingerprint density at radius 2 is 1.62 bits per heavy atom. The predicted octanol–water partition coefficient (Wildman–Crippen LogP) is 2.93. The summed E-state index contributed by atoms with van der Waals surface area (Å²) in [4.78, 5) is 13.2. The first-order valence-electron chi connectivity index (χ1n) is 10.5. The molecule has 1 unspecified atom stereocenters. The van der Waals surface area contributed by atoms with Crippen molar-refractivity contribution in [1.29, 1.82) is 0 Å². The molecular formula is C22H36O4. The second kappa shape index (κ2) is 5.33. The molecule has 4 nitrogen and oxygen atoms in total. The van der Waals surface area contributed by atoms with Crippen LogP contribution in [-0.2, 0) is 4.79 Å². The van der Waals surface area contributed by atoms with Crippen molar-refractivity contribution in [3.05, 3.63) is 0 Å². The first kappa shape index (κ1) is 18.9. The first-order chi connectivity index (χ1) is 11.9. The van der Waals surface area contributed by atoms with E-state index in [4.69, 9.17) is 0 Å². The molecule has 0 amide bonds. The summed E-state index contributed by atoms with van der Waals surface area (Å²) in [6, 6.07) is 0. The lowest BCUT2D eigenvalue weighted by Crippen LogP contribution is -2.65. The van der Waals surface area contributed by atoms with Gasteiger partial charge in [-0.25, -0.2) is 0 Å². The summed E-state index contributed by atoms with van der Waals surface area (Å²) in [6.07, 6.45) is 3.76. The van der Waals surface area contributed by atoms with Crippen molar-refractivity contribution in [1.82, 2.24) is 0 Å². The number of Topliss-reactive ketones (excluding diaryl/α,β-unsaturated/α-hetero) is 1. The Morgan fingerprint density at radius 3 is 2.27 bits per heavy atom. The summed E-state index contributed by atoms with van der Waals surface area (Å²) in [6.45, 7) is 10.7. The summed E-state index contributed by atoms with van der Waals surface area (Å²) < 4.78 is 0. The molecule has 0 aromatic heterocycles. The lowest BCUT2D eigenvalue weighted by Gasteiger charge is -2.63. The molecule has 0 aromatic carbocycles. The van der Waals surface area contributed by atoms with Gasteiger partial charge in [-0.1, -0.05) is 34.6 Å². The molecule has 0 spiro atoms. The molecule has 0 bridgehead atoms. The van der Waals surface area contributed by atoms with Crippen LogP contribution in [0.5, 0.6) is 0 Å². The molecule has 0 saturated heterocycles. The average molecular weight is 365 g/mol. The van der Waals surface area contributed by atoms with Gasteiger partial charge in [0.15, 0.2) is 5.78 Å². The van der Waals surface area contributed by atoms with Crippen molar-refractivity contribution in [3.8, 4) is 0 Å². The lowest BCUT2D eigenvalue weighted by molar-refractivity contribution is -0.207. The van der Waals surface area contributed by atoms with E-state index in [2.05, 4.69) is 27.7 Å². The van der Waals surface area contributed by atoms with Gasteiger partial charge in [-0.05, 0) is 61.2 Å². The van der Waals surface area contributed by atoms with Gasteiger partial charge in [0.1, 0.15) is 5.60 Å². The van der Waals surface area contributed by atoms with Gasteiger partial charge < -0.3 is 15.3 Å². The van der Waals surface area contributed by atoms with Crippen LogP contribution in [0.2, 0.25) is 0 Å². The number of carbonyl (C=O) groups excluding carboxylic acids is 1. The molecular weight excluding hydrogens is 328 g/mol. The van der Waals surface area contributed by atoms with E-state index in [1.54, 1.807) is 0 Å². The van der Waals surface area contributed by atoms with E-state index >= 15 is 0 Å². The molecule has 0 radical (unpaired) electrons. The maximum Gasteiger partial charge on any atom is 0.168 e. The van der Waals surface area contributed by atoms with Crippen molar-refractivity contribution < 1.29 is 20.1 Å². The molecule has 148 valence electrons. The molecule has 4 heteroatoms. The average Bonchev–Trinajstić information content (AvgIpc) is 2.80. The Labute approximate surface area is 157 Å². The number of hydrogen-bond acceptors (Lipinski definition) is 4. The zero-order valence-electron chi connectivity index (χ0n) is 17.0. The quantitative estimate of drug-likeness (QED) is 0.618. The van der Waals surface area contributed by atoms with Crippen LogP contribution in [0.1, 0.15) is 73.1 Å². The molecule has 3 N–H and O–H groups in total. The van der Waals surface area contributed by atoms with Gasteiger partial charge in [0, 0.05) is 17.3 Å². The highest BCUT2D eigenvalue weighted by atomic mass is 16.3. The van der Waals surface area contributed by atoms with E-state index in [1.165, 1.54) is 0 Å². The van der Waals surface area contributed by atoms with Gasteiger partial charge in [0.2, 0.25) is 0 Å². The maximum atomic E-state index is 13.2. The van der Waals surface area contributed by atoms with Gasteiger partial charge in [0.25, 0.3) is 0 Å². The molecule has 4 aliphatic rings. The Kier molecular flexibility index (Phi) is 3.87. The van der Waals surface area contributed by atoms with Crippen molar-refractivity contribution in [3.63, 3.8) is 0 Å². The SMILES string of the molecule is C[C@H]1C[C@@H](O)C2C[C@@H]3[C@@]4(C)CC[C@H](O)C(C)(C)[C@@H]4CC[C@]3(C)[C@@]2(O)C1=O. The smallest absolute Gasteiger partial charge is 0.168 e. The highest BCUT2D eigenvalue weighted by molar-refractivity contribution is 5.92. The zero-order valence-corrected chi connectivity index (χ0v) is 17.0. The van der Waals surface area contributed by atoms with E-state index in [-0.39, 0.29) is 40.5 Å². The standard InChI is InChI=1S/C22H36O4/c1-12-10-14(23)13-11-16-20(4)8-7-17(24)19(2,3)15(20)6-9-21(16,5)22(13,26)18(12)25/h12-17,23-24,26H,6-11H2,1-5H3/t12-,13?,14+,15-,16+,17-,20-,21-,22-/m0/s1. The van der Waals surface area contributed by atoms with Gasteiger partial charge in [-0.3, -0.25) is 4.79 Å². The second-order valence-electron chi connectivity index (χ2n) is 11.1. The Hall–Kier alpha value is -0.450. The third kappa shape index (κ3) is 1.94. The summed E-state index contributed by atoms with van der Waals surface area (Å²) in [7, 11) is 0. The van der Waals surface area contributed by atoms with Crippen molar-refractivity contribution in [2.24, 2.45) is 39.9 Å². The highest BCUT2D eigenvalue weighted by Crippen LogP contribution is 2.73. The van der Waals surface area contributed by atoms with E-state index in [9.17, 15) is 20.1 Å². The number of aliphatic hydroxyl groups is 3. The van der Waals surface area contributed by atoms with Gasteiger partial charge >= 0.3 is 0 Å². The zero-order chi connectivity index (χ0) is 19.3. The lowest BCUT2D eigenvalue weighted by atomic mass is 9.42. The minimum Gasteiger partial charge on any atom is -0.393 e. The minimum absolute atomic E-state index is 0.00790. The summed E-state index contributed by atoms with van der Waals surface area (Å²) in [5.74, 6) is -0.0802. The van der Waals surface area contributed by atoms with Gasteiger partial charge in [-0.15, -0.1) is 0 Å². The monoisotopic (exact) mass is 364 g/mol. The minimum atomic E-state index is -1.40. The molecule has 4 saturated carbocycles.